The summed E-state index contributed by atoms with van der Waals surface area (Å²) in [6, 6.07) is 16.2. The van der Waals surface area contributed by atoms with E-state index in [-0.39, 0.29) is 5.88 Å². The molecule has 0 saturated carbocycles. The van der Waals surface area contributed by atoms with Crippen LogP contribution in [0.25, 0.3) is 10.9 Å². The normalized spacial score (nSPS) is 11.3. The van der Waals surface area contributed by atoms with Crippen LogP contribution in [-0.2, 0) is 6.54 Å². The summed E-state index contributed by atoms with van der Waals surface area (Å²) in [7, 11) is 0. The second-order valence-corrected chi connectivity index (χ2v) is 4.80. The first-order valence-electron chi connectivity index (χ1n) is 7.03. The quantitative estimate of drug-likeness (QED) is 0.732. The third kappa shape index (κ3) is 2.37. The number of aromatic nitrogens is 1. The molecule has 0 atom stereocenters. The number of fused-ring (bicyclic) bond motifs is 1. The van der Waals surface area contributed by atoms with Gasteiger partial charge in [0.25, 0.3) is 5.91 Å². The number of para-hydroxylation sites is 1. The van der Waals surface area contributed by atoms with Gasteiger partial charge in [-0.15, -0.1) is 10.2 Å². The lowest BCUT2D eigenvalue weighted by atomic mass is 10.2. The Morgan fingerprint density at radius 3 is 2.50 bits per heavy atom. The van der Waals surface area contributed by atoms with Crippen LogP contribution in [0.3, 0.4) is 0 Å². The van der Waals surface area contributed by atoms with Crippen molar-refractivity contribution in [3.8, 4) is 5.88 Å². The first-order chi connectivity index (χ1) is 10.7. The van der Waals surface area contributed by atoms with Crippen LogP contribution in [-0.4, -0.2) is 15.6 Å². The van der Waals surface area contributed by atoms with Crippen molar-refractivity contribution in [2.24, 2.45) is 10.2 Å². The molecule has 0 radical (unpaired) electrons. The van der Waals surface area contributed by atoms with Gasteiger partial charge in [0.05, 0.1) is 5.52 Å². The van der Waals surface area contributed by atoms with Crippen LogP contribution in [0.5, 0.6) is 5.88 Å². The molecule has 0 aliphatic carbocycles. The first kappa shape index (κ1) is 14.0. The van der Waals surface area contributed by atoms with Crippen LogP contribution < -0.4 is 0 Å². The highest BCUT2D eigenvalue weighted by molar-refractivity contribution is 5.97. The van der Waals surface area contributed by atoms with Crippen molar-refractivity contribution in [2.45, 2.75) is 13.5 Å². The molecular formula is C17H15N3O2. The van der Waals surface area contributed by atoms with Crippen molar-refractivity contribution in [1.29, 1.82) is 0 Å². The lowest BCUT2D eigenvalue weighted by Crippen LogP contribution is -1.92. The lowest BCUT2D eigenvalue weighted by Gasteiger charge is -2.00. The zero-order valence-electron chi connectivity index (χ0n) is 12.1. The highest BCUT2D eigenvalue weighted by Crippen LogP contribution is 2.38. The number of nitrogens with zero attached hydrogens (tertiary/aromatic N) is 3. The van der Waals surface area contributed by atoms with E-state index in [4.69, 9.17) is 0 Å². The van der Waals surface area contributed by atoms with Gasteiger partial charge in [0.1, 0.15) is 0 Å². The van der Waals surface area contributed by atoms with Crippen molar-refractivity contribution in [1.82, 2.24) is 4.57 Å². The summed E-state index contributed by atoms with van der Waals surface area (Å²) in [5.74, 6) is -0.415. The fourth-order valence-electron chi connectivity index (χ4n) is 2.42. The van der Waals surface area contributed by atoms with Gasteiger partial charge >= 0.3 is 0 Å². The van der Waals surface area contributed by atoms with E-state index >= 15 is 0 Å². The Kier molecular flexibility index (Phi) is 3.70. The molecule has 1 amide bonds. The first-order valence-corrected chi connectivity index (χ1v) is 7.03. The Bertz CT molecular complexity index is 851. The van der Waals surface area contributed by atoms with E-state index in [0.717, 1.165) is 10.9 Å². The van der Waals surface area contributed by atoms with Crippen molar-refractivity contribution in [2.75, 3.05) is 0 Å². The van der Waals surface area contributed by atoms with Crippen molar-refractivity contribution in [3.63, 3.8) is 0 Å². The number of hydrogen-bond acceptors (Lipinski definition) is 3. The number of carbonyl (C=O) groups excluding carboxylic acids is 1. The number of amides is 1. The minimum atomic E-state index is -0.437. The molecule has 0 unspecified atom stereocenters. The van der Waals surface area contributed by atoms with Crippen LogP contribution >= 0.6 is 0 Å². The van der Waals surface area contributed by atoms with E-state index in [2.05, 4.69) is 10.2 Å². The molecule has 0 saturated heterocycles. The fraction of sp³-hybridized carbons (Fsp3) is 0.118. The molecule has 5 heteroatoms. The predicted molar refractivity (Wildman–Crippen MR) is 84.6 cm³/mol. The summed E-state index contributed by atoms with van der Waals surface area (Å²) >= 11 is 0. The number of carbonyl (C=O) groups is 1. The third-order valence-electron chi connectivity index (χ3n) is 3.50. The van der Waals surface area contributed by atoms with E-state index < -0.39 is 5.91 Å². The fourth-order valence-corrected chi connectivity index (χ4v) is 2.42. The molecule has 1 aromatic heterocycles. The van der Waals surface area contributed by atoms with Crippen LogP contribution in [0.2, 0.25) is 0 Å². The standard InChI is InChI=1S/C17H15N3O2/c1-2-20-14-11-7-6-10-13(14)15(17(20)22)18-19-16(21)12-8-4-3-5-9-12/h3-11,22H,2H2,1H3. The molecule has 1 N–H and O–H groups in total. The number of aryl methyl sites for hydroxylation is 1. The Morgan fingerprint density at radius 2 is 1.77 bits per heavy atom. The van der Waals surface area contributed by atoms with E-state index in [0.29, 0.717) is 17.8 Å². The maximum atomic E-state index is 12.0. The van der Waals surface area contributed by atoms with Gasteiger partial charge < -0.3 is 9.67 Å². The van der Waals surface area contributed by atoms with Crippen LogP contribution in [0.1, 0.15) is 17.3 Å². The van der Waals surface area contributed by atoms with Crippen molar-refractivity contribution in [3.05, 3.63) is 60.2 Å². The minimum absolute atomic E-state index is 0.0216. The molecule has 3 rings (SSSR count). The topological polar surface area (TPSA) is 66.9 Å². The smallest absolute Gasteiger partial charge is 0.295 e. The molecule has 110 valence electrons. The molecule has 1 heterocycles. The molecule has 22 heavy (non-hydrogen) atoms. The highest BCUT2D eigenvalue weighted by Gasteiger charge is 2.15. The second-order valence-electron chi connectivity index (χ2n) is 4.80. The van der Waals surface area contributed by atoms with Gasteiger partial charge in [-0.25, -0.2) is 0 Å². The van der Waals surface area contributed by atoms with Gasteiger partial charge in [-0.3, -0.25) is 4.79 Å². The van der Waals surface area contributed by atoms with E-state index in [1.807, 2.05) is 37.3 Å². The summed E-state index contributed by atoms with van der Waals surface area (Å²) in [6.45, 7) is 2.54. The third-order valence-corrected chi connectivity index (χ3v) is 3.50. The molecule has 0 fully saturated rings. The van der Waals surface area contributed by atoms with E-state index in [1.54, 1.807) is 28.8 Å². The zero-order valence-corrected chi connectivity index (χ0v) is 12.1. The maximum Gasteiger partial charge on any atom is 0.295 e. The molecule has 5 nitrogen and oxygen atoms in total. The molecular weight excluding hydrogens is 278 g/mol. The molecule has 3 aromatic rings. The van der Waals surface area contributed by atoms with Gasteiger partial charge in [-0.05, 0) is 25.1 Å². The number of hydrogen-bond donors (Lipinski definition) is 1. The second kappa shape index (κ2) is 5.81. The Morgan fingerprint density at radius 1 is 1.09 bits per heavy atom. The molecule has 2 aromatic carbocycles. The Hall–Kier alpha value is -2.95. The SMILES string of the molecule is CCn1c(O)c(N=NC(=O)c2ccccc2)c2ccccc21. The average Bonchev–Trinajstić information content (AvgIpc) is 2.84. The Balaban J connectivity index is 2.02. The van der Waals surface area contributed by atoms with Crippen molar-refractivity contribution < 1.29 is 9.90 Å². The number of rotatable bonds is 3. The summed E-state index contributed by atoms with van der Waals surface area (Å²) in [6.07, 6.45) is 0. The van der Waals surface area contributed by atoms with E-state index in [1.165, 1.54) is 0 Å². The molecule has 0 bridgehead atoms. The summed E-state index contributed by atoms with van der Waals surface area (Å²) in [5, 5.41) is 18.8. The van der Waals surface area contributed by atoms with Gasteiger partial charge in [-0.2, -0.15) is 0 Å². The predicted octanol–water partition coefficient (Wildman–Crippen LogP) is 4.29. The summed E-state index contributed by atoms with van der Waals surface area (Å²) in [5.41, 5.74) is 1.65. The highest BCUT2D eigenvalue weighted by atomic mass is 16.3. The Labute approximate surface area is 127 Å². The summed E-state index contributed by atoms with van der Waals surface area (Å²) < 4.78 is 1.73. The lowest BCUT2D eigenvalue weighted by molar-refractivity contribution is 0.0995. The molecule has 0 aliphatic rings. The van der Waals surface area contributed by atoms with Gasteiger partial charge in [0.2, 0.25) is 5.88 Å². The van der Waals surface area contributed by atoms with Gasteiger partial charge in [0.15, 0.2) is 5.69 Å². The van der Waals surface area contributed by atoms with E-state index in [9.17, 15) is 9.90 Å². The molecule has 0 spiro atoms. The monoisotopic (exact) mass is 293 g/mol. The number of benzene rings is 2. The summed E-state index contributed by atoms with van der Waals surface area (Å²) in [4.78, 5) is 12.0. The maximum absolute atomic E-state index is 12.0. The van der Waals surface area contributed by atoms with Gasteiger partial charge in [-0.1, -0.05) is 36.4 Å². The number of azo groups is 1. The zero-order chi connectivity index (χ0) is 15.5. The van der Waals surface area contributed by atoms with Gasteiger partial charge in [0, 0.05) is 17.5 Å². The molecule has 0 aliphatic heterocycles. The average molecular weight is 293 g/mol. The largest absolute Gasteiger partial charge is 0.493 e. The van der Waals surface area contributed by atoms with Crippen LogP contribution in [0.15, 0.2) is 64.8 Å². The van der Waals surface area contributed by atoms with Crippen LogP contribution in [0.4, 0.5) is 5.69 Å². The van der Waals surface area contributed by atoms with Crippen molar-refractivity contribution >= 4 is 22.5 Å². The number of aromatic hydroxyl groups is 1. The minimum Gasteiger partial charge on any atom is -0.493 e. The van der Waals surface area contributed by atoms with Crippen LogP contribution in [0, 0.1) is 0 Å².